The minimum Gasteiger partial charge on any atom is -0.336 e. The first-order valence-corrected chi connectivity index (χ1v) is 6.83. The molecule has 1 aromatic rings. The zero-order valence-corrected chi connectivity index (χ0v) is 10.9. The summed E-state index contributed by atoms with van der Waals surface area (Å²) in [5.41, 5.74) is 2.68. The number of rotatable bonds is 3. The van der Waals surface area contributed by atoms with E-state index in [0.29, 0.717) is 0 Å². The molecule has 2 heterocycles. The number of amides is 2. The summed E-state index contributed by atoms with van der Waals surface area (Å²) >= 11 is 0. The molecule has 0 bridgehead atoms. The molecule has 18 heavy (non-hydrogen) atoms. The molecule has 1 aromatic heterocycles. The highest BCUT2D eigenvalue weighted by Gasteiger charge is 2.21. The Morgan fingerprint density at radius 2 is 2.11 bits per heavy atom. The Morgan fingerprint density at radius 3 is 2.89 bits per heavy atom. The Morgan fingerprint density at radius 1 is 1.28 bits per heavy atom. The molecule has 0 radical (unpaired) electrons. The number of carbonyl (C=O) groups excluding carboxylic acids is 1. The lowest BCUT2D eigenvalue weighted by molar-refractivity contribution is 0.215. The zero-order valence-electron chi connectivity index (χ0n) is 10.9. The van der Waals surface area contributed by atoms with Gasteiger partial charge in [0.2, 0.25) is 0 Å². The van der Waals surface area contributed by atoms with Crippen LogP contribution >= 0.6 is 0 Å². The largest absolute Gasteiger partial charge is 0.336 e. The van der Waals surface area contributed by atoms with E-state index in [2.05, 4.69) is 21.8 Å². The van der Waals surface area contributed by atoms with Gasteiger partial charge < -0.3 is 14.8 Å². The van der Waals surface area contributed by atoms with E-state index in [4.69, 9.17) is 0 Å². The molecule has 0 saturated carbocycles. The van der Waals surface area contributed by atoms with Crippen molar-refractivity contribution in [3.05, 3.63) is 17.2 Å². The zero-order chi connectivity index (χ0) is 12.5. The van der Waals surface area contributed by atoms with Crippen molar-refractivity contribution in [2.45, 2.75) is 39.2 Å². The molecule has 0 spiro atoms. The summed E-state index contributed by atoms with van der Waals surface area (Å²) in [4.78, 5) is 18.0. The molecule has 1 aliphatic carbocycles. The fraction of sp³-hybridized carbons (Fsp3) is 0.692. The van der Waals surface area contributed by atoms with E-state index >= 15 is 0 Å². The third-order valence-electron chi connectivity index (χ3n) is 3.96. The van der Waals surface area contributed by atoms with Gasteiger partial charge in [0.25, 0.3) is 0 Å². The third-order valence-corrected chi connectivity index (χ3v) is 3.96. The number of carbonyl (C=O) groups is 1. The summed E-state index contributed by atoms with van der Waals surface area (Å²) in [5.74, 6) is 1.10. The van der Waals surface area contributed by atoms with Crippen molar-refractivity contribution in [1.82, 2.24) is 19.8 Å². The summed E-state index contributed by atoms with van der Waals surface area (Å²) in [6.07, 6.45) is 4.79. The normalized spacial score (nSPS) is 18.9. The molecule has 3 rings (SSSR count). The van der Waals surface area contributed by atoms with Crippen LogP contribution in [0.3, 0.4) is 0 Å². The standard InChI is InChI=1S/C13H20N4O/c1-10-15-11-4-2-3-5-12(11)17(10)9-8-16-7-6-14-13(16)18/h2-9H2,1H3,(H,14,18). The minimum absolute atomic E-state index is 0.0710. The lowest BCUT2D eigenvalue weighted by Gasteiger charge is -2.18. The lowest BCUT2D eigenvalue weighted by atomic mass is 10.0. The van der Waals surface area contributed by atoms with Crippen LogP contribution in [-0.4, -0.2) is 40.1 Å². The molecular weight excluding hydrogens is 228 g/mol. The van der Waals surface area contributed by atoms with E-state index in [1.54, 1.807) is 0 Å². The average Bonchev–Trinajstić information content (AvgIpc) is 2.90. The van der Waals surface area contributed by atoms with Crippen LogP contribution in [0, 0.1) is 6.92 Å². The molecule has 98 valence electrons. The van der Waals surface area contributed by atoms with Gasteiger partial charge in [-0.3, -0.25) is 0 Å². The Balaban J connectivity index is 1.72. The highest BCUT2D eigenvalue weighted by Crippen LogP contribution is 2.22. The van der Waals surface area contributed by atoms with Gasteiger partial charge in [-0.25, -0.2) is 9.78 Å². The predicted octanol–water partition coefficient (Wildman–Crippen LogP) is 1.10. The van der Waals surface area contributed by atoms with Gasteiger partial charge in [-0.15, -0.1) is 0 Å². The highest BCUT2D eigenvalue weighted by atomic mass is 16.2. The quantitative estimate of drug-likeness (QED) is 0.870. The maximum Gasteiger partial charge on any atom is 0.317 e. The van der Waals surface area contributed by atoms with E-state index < -0.39 is 0 Å². The van der Waals surface area contributed by atoms with E-state index in [0.717, 1.165) is 44.8 Å². The molecular formula is C13H20N4O. The fourth-order valence-electron chi connectivity index (χ4n) is 2.98. The Labute approximate surface area is 107 Å². The van der Waals surface area contributed by atoms with Crippen molar-refractivity contribution < 1.29 is 4.79 Å². The molecule has 1 N–H and O–H groups in total. The topological polar surface area (TPSA) is 50.2 Å². The summed E-state index contributed by atoms with van der Waals surface area (Å²) in [5, 5.41) is 2.84. The SMILES string of the molecule is Cc1nc2c(n1CCN1CCNC1=O)CCCC2. The van der Waals surface area contributed by atoms with E-state index in [9.17, 15) is 4.79 Å². The molecule has 2 amide bonds. The average molecular weight is 248 g/mol. The number of nitrogens with one attached hydrogen (secondary N) is 1. The summed E-state index contributed by atoms with van der Waals surface area (Å²) in [6, 6.07) is 0.0710. The maximum absolute atomic E-state index is 11.5. The molecule has 5 nitrogen and oxygen atoms in total. The van der Waals surface area contributed by atoms with Crippen molar-refractivity contribution >= 4 is 6.03 Å². The van der Waals surface area contributed by atoms with Crippen molar-refractivity contribution in [3.63, 3.8) is 0 Å². The first-order valence-electron chi connectivity index (χ1n) is 6.83. The maximum atomic E-state index is 11.5. The van der Waals surface area contributed by atoms with Crippen LogP contribution < -0.4 is 5.32 Å². The Kier molecular flexibility index (Phi) is 2.97. The van der Waals surface area contributed by atoms with Crippen LogP contribution in [0.1, 0.15) is 30.1 Å². The second-order valence-electron chi connectivity index (χ2n) is 5.13. The number of hydrogen-bond donors (Lipinski definition) is 1. The molecule has 0 unspecified atom stereocenters. The summed E-state index contributed by atoms with van der Waals surface area (Å²) in [6.45, 7) is 5.34. The number of fused-ring (bicyclic) bond motifs is 1. The van der Waals surface area contributed by atoms with Gasteiger partial charge in [-0.1, -0.05) is 0 Å². The number of aromatic nitrogens is 2. The van der Waals surface area contributed by atoms with Gasteiger partial charge in [0.15, 0.2) is 0 Å². The number of urea groups is 1. The number of imidazole rings is 1. The van der Waals surface area contributed by atoms with Crippen LogP contribution in [0.15, 0.2) is 0 Å². The summed E-state index contributed by atoms with van der Waals surface area (Å²) in [7, 11) is 0. The monoisotopic (exact) mass is 248 g/mol. The molecule has 1 fully saturated rings. The lowest BCUT2D eigenvalue weighted by Crippen LogP contribution is -2.31. The van der Waals surface area contributed by atoms with E-state index in [1.807, 2.05) is 4.90 Å². The number of aryl methyl sites for hydroxylation is 2. The number of nitrogens with zero attached hydrogens (tertiary/aromatic N) is 3. The molecule has 0 atom stereocenters. The van der Waals surface area contributed by atoms with Gasteiger partial charge in [0, 0.05) is 31.9 Å². The van der Waals surface area contributed by atoms with Crippen molar-refractivity contribution in [3.8, 4) is 0 Å². The van der Waals surface area contributed by atoms with Crippen LogP contribution in [0.25, 0.3) is 0 Å². The highest BCUT2D eigenvalue weighted by molar-refractivity contribution is 5.76. The molecule has 0 aromatic carbocycles. The first kappa shape index (κ1) is 11.6. The number of hydrogen-bond acceptors (Lipinski definition) is 2. The molecule has 1 aliphatic heterocycles. The van der Waals surface area contributed by atoms with Crippen molar-refractivity contribution in [2.24, 2.45) is 0 Å². The van der Waals surface area contributed by atoms with E-state index in [-0.39, 0.29) is 6.03 Å². The van der Waals surface area contributed by atoms with E-state index in [1.165, 1.54) is 24.2 Å². The van der Waals surface area contributed by atoms with Crippen LogP contribution in [0.4, 0.5) is 4.79 Å². The third kappa shape index (κ3) is 1.98. The van der Waals surface area contributed by atoms with Gasteiger partial charge in [0.1, 0.15) is 5.82 Å². The molecule has 1 saturated heterocycles. The smallest absolute Gasteiger partial charge is 0.317 e. The van der Waals surface area contributed by atoms with Crippen LogP contribution in [-0.2, 0) is 19.4 Å². The fourth-order valence-corrected chi connectivity index (χ4v) is 2.98. The molecule has 5 heteroatoms. The Bertz CT molecular complexity index is 466. The first-order chi connectivity index (χ1) is 8.75. The molecule has 2 aliphatic rings. The Hall–Kier alpha value is -1.52. The van der Waals surface area contributed by atoms with Gasteiger partial charge in [-0.2, -0.15) is 0 Å². The minimum atomic E-state index is 0.0710. The predicted molar refractivity (Wildman–Crippen MR) is 68.6 cm³/mol. The van der Waals surface area contributed by atoms with Gasteiger partial charge >= 0.3 is 6.03 Å². The second kappa shape index (κ2) is 4.63. The van der Waals surface area contributed by atoms with Gasteiger partial charge in [-0.05, 0) is 32.6 Å². The van der Waals surface area contributed by atoms with Crippen molar-refractivity contribution in [1.29, 1.82) is 0 Å². The van der Waals surface area contributed by atoms with Crippen molar-refractivity contribution in [2.75, 3.05) is 19.6 Å². The second-order valence-corrected chi connectivity index (χ2v) is 5.13. The van der Waals surface area contributed by atoms with Crippen LogP contribution in [0.5, 0.6) is 0 Å². The van der Waals surface area contributed by atoms with Gasteiger partial charge in [0.05, 0.1) is 5.69 Å². The summed E-state index contributed by atoms with van der Waals surface area (Å²) < 4.78 is 2.31. The van der Waals surface area contributed by atoms with Crippen LogP contribution in [0.2, 0.25) is 0 Å².